The molecule has 10 heteroatoms. The SMILES string of the molecule is O=S(=O)(Nc1cc2nc(Cl)nc(N3CCOCC3)c2s1)c1ccccc1. The molecule has 0 spiro atoms. The highest BCUT2D eigenvalue weighted by molar-refractivity contribution is 7.93. The number of hydrogen-bond acceptors (Lipinski definition) is 7. The van der Waals surface area contributed by atoms with E-state index < -0.39 is 10.0 Å². The van der Waals surface area contributed by atoms with Crippen LogP contribution in [0, 0.1) is 0 Å². The van der Waals surface area contributed by atoms with Crippen LogP contribution >= 0.6 is 22.9 Å². The van der Waals surface area contributed by atoms with Gasteiger partial charge in [0.1, 0.15) is 5.00 Å². The first kappa shape index (κ1) is 17.5. The van der Waals surface area contributed by atoms with Crippen molar-refractivity contribution in [2.45, 2.75) is 4.90 Å². The summed E-state index contributed by atoms with van der Waals surface area (Å²) in [6.45, 7) is 2.63. The van der Waals surface area contributed by atoms with Crippen LogP contribution in [0.2, 0.25) is 5.28 Å². The van der Waals surface area contributed by atoms with Crippen LogP contribution in [0.1, 0.15) is 0 Å². The van der Waals surface area contributed by atoms with Crippen molar-refractivity contribution in [3.8, 4) is 0 Å². The van der Waals surface area contributed by atoms with Crippen LogP contribution in [-0.2, 0) is 14.8 Å². The Morgan fingerprint density at radius 3 is 2.62 bits per heavy atom. The smallest absolute Gasteiger partial charge is 0.262 e. The van der Waals surface area contributed by atoms with Gasteiger partial charge in [-0.3, -0.25) is 4.72 Å². The molecule has 26 heavy (non-hydrogen) atoms. The standard InChI is InChI=1S/C16H15ClN4O3S2/c17-16-18-12-10-13(20-26(22,23)11-4-2-1-3-5-11)25-14(12)15(19-16)21-6-8-24-9-7-21/h1-5,10,20H,6-9H2. The molecule has 1 saturated heterocycles. The van der Waals surface area contributed by atoms with Crippen molar-refractivity contribution in [2.75, 3.05) is 35.9 Å². The van der Waals surface area contributed by atoms with Gasteiger partial charge in [-0.2, -0.15) is 4.98 Å². The van der Waals surface area contributed by atoms with Crippen LogP contribution in [0.3, 0.4) is 0 Å². The summed E-state index contributed by atoms with van der Waals surface area (Å²) in [5, 5.41) is 0.601. The van der Waals surface area contributed by atoms with Gasteiger partial charge >= 0.3 is 0 Å². The van der Waals surface area contributed by atoms with Crippen molar-refractivity contribution in [3.63, 3.8) is 0 Å². The molecule has 0 amide bonds. The lowest BCUT2D eigenvalue weighted by Gasteiger charge is -2.28. The summed E-state index contributed by atoms with van der Waals surface area (Å²) in [6.07, 6.45) is 0. The third-order valence-corrected chi connectivity index (χ3v) is 6.64. The Morgan fingerprint density at radius 2 is 1.88 bits per heavy atom. The molecule has 0 bridgehead atoms. The molecule has 136 valence electrons. The number of nitrogens with one attached hydrogen (secondary N) is 1. The molecule has 0 radical (unpaired) electrons. The monoisotopic (exact) mass is 410 g/mol. The third-order valence-electron chi connectivity index (χ3n) is 3.93. The molecule has 0 unspecified atom stereocenters. The minimum absolute atomic E-state index is 0.134. The van der Waals surface area contributed by atoms with Crippen molar-refractivity contribution in [1.82, 2.24) is 9.97 Å². The average Bonchev–Trinajstić information content (AvgIpc) is 3.03. The highest BCUT2D eigenvalue weighted by Gasteiger charge is 2.21. The first-order valence-electron chi connectivity index (χ1n) is 7.90. The number of fused-ring (bicyclic) bond motifs is 1. The molecular formula is C16H15ClN4O3S2. The average molecular weight is 411 g/mol. The fourth-order valence-corrected chi connectivity index (χ4v) is 5.21. The molecule has 1 fully saturated rings. The Kier molecular flexibility index (Phi) is 4.70. The largest absolute Gasteiger partial charge is 0.378 e. The lowest BCUT2D eigenvalue weighted by atomic mass is 10.3. The molecule has 3 aromatic rings. The quantitative estimate of drug-likeness (QED) is 0.665. The zero-order valence-corrected chi connectivity index (χ0v) is 15.9. The molecule has 2 aromatic heterocycles. The van der Waals surface area contributed by atoms with E-state index in [1.807, 2.05) is 0 Å². The van der Waals surface area contributed by atoms with Crippen molar-refractivity contribution < 1.29 is 13.2 Å². The maximum Gasteiger partial charge on any atom is 0.262 e. The second-order valence-electron chi connectivity index (χ2n) is 5.66. The molecule has 0 atom stereocenters. The van der Waals surface area contributed by atoms with Crippen LogP contribution in [0.4, 0.5) is 10.8 Å². The van der Waals surface area contributed by atoms with Crippen LogP contribution in [0.15, 0.2) is 41.3 Å². The minimum atomic E-state index is -3.66. The van der Waals surface area contributed by atoms with Crippen LogP contribution in [0.5, 0.6) is 0 Å². The van der Waals surface area contributed by atoms with Gasteiger partial charge in [-0.25, -0.2) is 13.4 Å². The number of aromatic nitrogens is 2. The molecule has 3 heterocycles. The zero-order valence-electron chi connectivity index (χ0n) is 13.6. The summed E-state index contributed by atoms with van der Waals surface area (Å²) in [6, 6.07) is 9.90. The van der Waals surface area contributed by atoms with Gasteiger partial charge in [-0.05, 0) is 23.7 Å². The number of benzene rings is 1. The molecule has 1 aliphatic rings. The van der Waals surface area contributed by atoms with E-state index in [0.717, 1.165) is 4.70 Å². The maximum absolute atomic E-state index is 12.5. The Bertz CT molecular complexity index is 1030. The van der Waals surface area contributed by atoms with E-state index >= 15 is 0 Å². The number of sulfonamides is 1. The molecule has 1 N–H and O–H groups in total. The van der Waals surface area contributed by atoms with Crippen molar-refractivity contribution in [2.24, 2.45) is 0 Å². The summed E-state index contributed by atoms with van der Waals surface area (Å²) in [5.74, 6) is 0.707. The fourth-order valence-electron chi connectivity index (χ4n) is 2.72. The molecule has 1 aliphatic heterocycles. The number of halogens is 1. The van der Waals surface area contributed by atoms with Crippen LogP contribution in [0.25, 0.3) is 10.2 Å². The van der Waals surface area contributed by atoms with E-state index in [9.17, 15) is 8.42 Å². The zero-order chi connectivity index (χ0) is 18.1. The number of rotatable bonds is 4. The topological polar surface area (TPSA) is 84.4 Å². The van der Waals surface area contributed by atoms with E-state index in [0.29, 0.717) is 42.6 Å². The van der Waals surface area contributed by atoms with Crippen LogP contribution in [-0.4, -0.2) is 44.7 Å². The Balaban J connectivity index is 1.71. The van der Waals surface area contributed by atoms with Gasteiger partial charge in [0, 0.05) is 19.2 Å². The predicted octanol–water partition coefficient (Wildman–Crippen LogP) is 2.98. The van der Waals surface area contributed by atoms with Gasteiger partial charge in [-0.15, -0.1) is 11.3 Å². The number of hydrogen-bond donors (Lipinski definition) is 1. The third kappa shape index (κ3) is 3.48. The number of morpholine rings is 1. The number of anilines is 2. The summed E-state index contributed by atoms with van der Waals surface area (Å²) >= 11 is 7.36. The van der Waals surface area contributed by atoms with E-state index in [4.69, 9.17) is 16.3 Å². The number of nitrogens with zero attached hydrogens (tertiary/aromatic N) is 3. The molecule has 7 nitrogen and oxygen atoms in total. The predicted molar refractivity (Wildman–Crippen MR) is 103 cm³/mol. The van der Waals surface area contributed by atoms with Crippen molar-refractivity contribution in [1.29, 1.82) is 0 Å². The summed E-state index contributed by atoms with van der Waals surface area (Å²) in [5.41, 5.74) is 0.613. The van der Waals surface area contributed by atoms with Gasteiger partial charge in [0.2, 0.25) is 5.28 Å². The molecule has 4 rings (SSSR count). The van der Waals surface area contributed by atoms with Gasteiger partial charge in [-0.1, -0.05) is 18.2 Å². The van der Waals surface area contributed by atoms with E-state index in [1.54, 1.807) is 36.4 Å². The van der Waals surface area contributed by atoms with Crippen LogP contribution < -0.4 is 9.62 Å². The van der Waals surface area contributed by atoms with E-state index in [2.05, 4.69) is 19.6 Å². The van der Waals surface area contributed by atoms with Crippen molar-refractivity contribution >= 4 is 54.0 Å². The van der Waals surface area contributed by atoms with Gasteiger partial charge < -0.3 is 9.64 Å². The van der Waals surface area contributed by atoms with Crippen molar-refractivity contribution in [3.05, 3.63) is 41.7 Å². The highest BCUT2D eigenvalue weighted by Crippen LogP contribution is 2.36. The second-order valence-corrected chi connectivity index (χ2v) is 8.73. The van der Waals surface area contributed by atoms with Gasteiger partial charge in [0.25, 0.3) is 10.0 Å². The van der Waals surface area contributed by atoms with E-state index in [-0.39, 0.29) is 10.2 Å². The lowest BCUT2D eigenvalue weighted by Crippen LogP contribution is -2.36. The Labute approximate surface area is 159 Å². The number of ether oxygens (including phenoxy) is 1. The Hall–Kier alpha value is -1.94. The number of thiophene rings is 1. The van der Waals surface area contributed by atoms with E-state index in [1.165, 1.54) is 11.3 Å². The minimum Gasteiger partial charge on any atom is -0.378 e. The van der Waals surface area contributed by atoms with Gasteiger partial charge in [0.15, 0.2) is 5.82 Å². The summed E-state index contributed by atoms with van der Waals surface area (Å²) in [7, 11) is -3.66. The maximum atomic E-state index is 12.5. The summed E-state index contributed by atoms with van der Waals surface area (Å²) in [4.78, 5) is 10.9. The Morgan fingerprint density at radius 1 is 1.15 bits per heavy atom. The second kappa shape index (κ2) is 6.99. The first-order valence-corrected chi connectivity index (χ1v) is 10.6. The van der Waals surface area contributed by atoms with Gasteiger partial charge in [0.05, 0.1) is 28.3 Å². The molecule has 1 aromatic carbocycles. The first-order chi connectivity index (χ1) is 12.5. The highest BCUT2D eigenvalue weighted by atomic mass is 35.5. The lowest BCUT2D eigenvalue weighted by molar-refractivity contribution is 0.122. The normalized spacial score (nSPS) is 15.3. The fraction of sp³-hybridized carbons (Fsp3) is 0.250. The molecule has 0 aliphatic carbocycles. The summed E-state index contributed by atoms with van der Waals surface area (Å²) < 4.78 is 33.9. The molecular weight excluding hydrogens is 396 g/mol. The molecule has 0 saturated carbocycles.